The summed E-state index contributed by atoms with van der Waals surface area (Å²) in [7, 11) is 0. The van der Waals surface area contributed by atoms with Crippen molar-refractivity contribution in [1.82, 2.24) is 5.32 Å². The lowest BCUT2D eigenvalue weighted by Gasteiger charge is -2.42. The predicted molar refractivity (Wildman–Crippen MR) is 71.9 cm³/mol. The summed E-state index contributed by atoms with van der Waals surface area (Å²) in [4.78, 5) is 0. The van der Waals surface area contributed by atoms with Crippen LogP contribution in [0.15, 0.2) is 0 Å². The number of fused-ring (bicyclic) bond motifs is 2. The summed E-state index contributed by atoms with van der Waals surface area (Å²) in [5.41, 5.74) is 0.212. The van der Waals surface area contributed by atoms with Crippen LogP contribution in [0.5, 0.6) is 0 Å². The third-order valence-electron chi connectivity index (χ3n) is 6.30. The lowest BCUT2D eigenvalue weighted by atomic mass is 9.69. The van der Waals surface area contributed by atoms with Crippen molar-refractivity contribution in [2.24, 2.45) is 16.7 Å². The number of hydrogen-bond donors (Lipinski definition) is 2. The second kappa shape index (κ2) is 3.71. The molecule has 0 aromatic rings. The minimum atomic E-state index is -0.637. The van der Waals surface area contributed by atoms with Gasteiger partial charge in [-0.1, -0.05) is 20.8 Å². The van der Waals surface area contributed by atoms with E-state index in [9.17, 15) is 5.11 Å². The minimum Gasteiger partial charge on any atom is -0.389 e. The molecule has 0 spiro atoms. The van der Waals surface area contributed by atoms with Gasteiger partial charge in [-0.15, -0.1) is 0 Å². The molecule has 2 saturated carbocycles. The zero-order valence-electron chi connectivity index (χ0n) is 12.3. The normalized spacial score (nSPS) is 41.8. The van der Waals surface area contributed by atoms with E-state index in [1.807, 2.05) is 13.8 Å². The maximum absolute atomic E-state index is 10.1. The number of rotatable bonds is 3. The lowest BCUT2D eigenvalue weighted by molar-refractivity contribution is 0.0250. The maximum Gasteiger partial charge on any atom is 0.0741 e. The molecule has 0 aromatic heterocycles. The summed E-state index contributed by atoms with van der Waals surface area (Å²) < 4.78 is 0. The van der Waals surface area contributed by atoms with Gasteiger partial charge in [-0.05, 0) is 56.8 Å². The summed E-state index contributed by atoms with van der Waals surface area (Å²) >= 11 is 0. The molecule has 0 saturated heterocycles. The first-order chi connectivity index (χ1) is 7.59. The molecule has 0 heterocycles. The Morgan fingerprint density at radius 2 is 1.88 bits per heavy atom. The Hall–Kier alpha value is -0.0800. The predicted octanol–water partition coefficient (Wildman–Crippen LogP) is 2.95. The fourth-order valence-corrected chi connectivity index (χ4v) is 3.96. The largest absolute Gasteiger partial charge is 0.389 e. The van der Waals surface area contributed by atoms with Gasteiger partial charge in [0.2, 0.25) is 0 Å². The van der Waals surface area contributed by atoms with Crippen molar-refractivity contribution in [1.29, 1.82) is 0 Å². The topological polar surface area (TPSA) is 32.3 Å². The first-order valence-corrected chi connectivity index (χ1v) is 7.07. The van der Waals surface area contributed by atoms with E-state index >= 15 is 0 Å². The SMILES string of the molecule is CC(NC1CC2CCC1(C)C2(C)C)C(C)(C)O. The quantitative estimate of drug-likeness (QED) is 0.793. The Kier molecular flexibility index (Phi) is 2.91. The minimum absolute atomic E-state index is 0.152. The van der Waals surface area contributed by atoms with Crippen LogP contribution in [0, 0.1) is 16.7 Å². The van der Waals surface area contributed by atoms with Crippen LogP contribution in [-0.4, -0.2) is 22.8 Å². The molecular formula is C15H29NO. The van der Waals surface area contributed by atoms with Gasteiger partial charge < -0.3 is 10.4 Å². The zero-order chi connectivity index (χ0) is 13.1. The highest BCUT2D eigenvalue weighted by Crippen LogP contribution is 2.65. The van der Waals surface area contributed by atoms with Crippen LogP contribution in [-0.2, 0) is 0 Å². The fourth-order valence-electron chi connectivity index (χ4n) is 3.96. The molecule has 2 fully saturated rings. The Bertz CT molecular complexity index is 305. The van der Waals surface area contributed by atoms with Gasteiger partial charge in [-0.2, -0.15) is 0 Å². The van der Waals surface area contributed by atoms with Crippen LogP contribution in [0.1, 0.15) is 60.8 Å². The first-order valence-electron chi connectivity index (χ1n) is 7.07. The Morgan fingerprint density at radius 1 is 1.29 bits per heavy atom. The average molecular weight is 239 g/mol. The van der Waals surface area contributed by atoms with Crippen LogP contribution in [0.4, 0.5) is 0 Å². The van der Waals surface area contributed by atoms with Gasteiger partial charge >= 0.3 is 0 Å². The summed E-state index contributed by atoms with van der Waals surface area (Å²) in [6, 6.07) is 0.720. The Labute approximate surface area is 106 Å². The third kappa shape index (κ3) is 1.84. The molecule has 4 atom stereocenters. The van der Waals surface area contributed by atoms with Gasteiger partial charge in [0, 0.05) is 12.1 Å². The fraction of sp³-hybridized carbons (Fsp3) is 1.00. The van der Waals surface area contributed by atoms with Gasteiger partial charge in [-0.25, -0.2) is 0 Å². The van der Waals surface area contributed by atoms with Crippen LogP contribution < -0.4 is 5.32 Å². The van der Waals surface area contributed by atoms with E-state index < -0.39 is 5.60 Å². The zero-order valence-corrected chi connectivity index (χ0v) is 12.3. The molecule has 17 heavy (non-hydrogen) atoms. The summed E-state index contributed by atoms with van der Waals surface area (Å²) in [5, 5.41) is 13.8. The van der Waals surface area contributed by atoms with Crippen molar-refractivity contribution in [2.75, 3.05) is 0 Å². The molecule has 2 heteroatoms. The van der Waals surface area contributed by atoms with Crippen LogP contribution in [0.2, 0.25) is 0 Å². The van der Waals surface area contributed by atoms with Crippen molar-refractivity contribution in [2.45, 2.75) is 78.5 Å². The summed E-state index contributed by atoms with van der Waals surface area (Å²) in [6.45, 7) is 13.2. The third-order valence-corrected chi connectivity index (χ3v) is 6.30. The highest BCUT2D eigenvalue weighted by Gasteiger charge is 2.61. The maximum atomic E-state index is 10.1. The molecule has 2 aliphatic carbocycles. The molecule has 2 nitrogen and oxygen atoms in total. The highest BCUT2D eigenvalue weighted by atomic mass is 16.3. The van der Waals surface area contributed by atoms with Crippen molar-refractivity contribution in [3.05, 3.63) is 0 Å². The average Bonchev–Trinajstić information content (AvgIpc) is 2.49. The van der Waals surface area contributed by atoms with Gasteiger partial charge in [0.25, 0.3) is 0 Å². The molecule has 2 aliphatic rings. The molecule has 2 rings (SSSR count). The molecular weight excluding hydrogens is 210 g/mol. The Balaban J connectivity index is 2.11. The molecule has 4 unspecified atom stereocenters. The van der Waals surface area contributed by atoms with E-state index in [2.05, 4.69) is 33.0 Å². The van der Waals surface area contributed by atoms with Gasteiger partial charge in [0.05, 0.1) is 5.60 Å². The first kappa shape index (κ1) is 13.4. The van der Waals surface area contributed by atoms with E-state index in [-0.39, 0.29) is 6.04 Å². The van der Waals surface area contributed by atoms with Crippen LogP contribution >= 0.6 is 0 Å². The van der Waals surface area contributed by atoms with Crippen molar-refractivity contribution in [3.63, 3.8) is 0 Å². The number of hydrogen-bond acceptors (Lipinski definition) is 2. The summed E-state index contributed by atoms with van der Waals surface area (Å²) in [6.07, 6.45) is 4.00. The van der Waals surface area contributed by atoms with E-state index in [1.54, 1.807) is 0 Å². The van der Waals surface area contributed by atoms with Gasteiger partial charge in [-0.3, -0.25) is 0 Å². The Morgan fingerprint density at radius 3 is 2.24 bits per heavy atom. The van der Waals surface area contributed by atoms with E-state index in [4.69, 9.17) is 0 Å². The van der Waals surface area contributed by atoms with Crippen LogP contribution in [0.25, 0.3) is 0 Å². The van der Waals surface area contributed by atoms with E-state index in [0.29, 0.717) is 16.9 Å². The molecule has 0 aliphatic heterocycles. The van der Waals surface area contributed by atoms with E-state index in [1.165, 1.54) is 19.3 Å². The lowest BCUT2D eigenvalue weighted by Crippen LogP contribution is -2.54. The molecule has 2 bridgehead atoms. The van der Waals surface area contributed by atoms with Gasteiger partial charge in [0.1, 0.15) is 0 Å². The smallest absolute Gasteiger partial charge is 0.0741 e. The molecule has 2 N–H and O–H groups in total. The second-order valence-electron chi connectivity index (χ2n) is 7.71. The summed E-state index contributed by atoms with van der Waals surface area (Å²) in [5.74, 6) is 0.860. The molecule has 0 radical (unpaired) electrons. The van der Waals surface area contributed by atoms with E-state index in [0.717, 1.165) is 5.92 Å². The van der Waals surface area contributed by atoms with Crippen molar-refractivity contribution >= 4 is 0 Å². The van der Waals surface area contributed by atoms with Crippen molar-refractivity contribution in [3.8, 4) is 0 Å². The standard InChI is InChI=1S/C15H29NO/c1-10(14(4,5)17)16-12-9-11-7-8-15(12,6)13(11,2)3/h10-12,16-17H,7-9H2,1-6H3. The highest BCUT2D eigenvalue weighted by molar-refractivity contribution is 5.13. The number of nitrogens with one attached hydrogen (secondary N) is 1. The van der Waals surface area contributed by atoms with Gasteiger partial charge in [0.15, 0.2) is 0 Å². The van der Waals surface area contributed by atoms with Crippen molar-refractivity contribution < 1.29 is 5.11 Å². The monoisotopic (exact) mass is 239 g/mol. The molecule has 100 valence electrons. The molecule has 0 amide bonds. The van der Waals surface area contributed by atoms with Crippen LogP contribution in [0.3, 0.4) is 0 Å². The molecule has 0 aromatic carbocycles. The second-order valence-corrected chi connectivity index (χ2v) is 7.71. The number of aliphatic hydroxyl groups is 1.